The number of benzene rings is 1. The standard InChI is InChI=1S/C16H16ClIN2O2/c17-14-9-11(18)10-20-15(14)16(5-7-21-8-6-16)22-13-3-1-12(19)2-4-13/h1-4,9-10H,5-8,19H2. The highest BCUT2D eigenvalue weighted by molar-refractivity contribution is 14.1. The molecule has 1 aromatic carbocycles. The minimum atomic E-state index is -0.560. The largest absolute Gasteiger partial charge is 0.481 e. The number of pyridine rings is 1. The molecule has 0 unspecified atom stereocenters. The summed E-state index contributed by atoms with van der Waals surface area (Å²) >= 11 is 8.63. The quantitative estimate of drug-likeness (QED) is 0.590. The molecule has 0 atom stereocenters. The predicted molar refractivity (Wildman–Crippen MR) is 95.2 cm³/mol. The van der Waals surface area contributed by atoms with Gasteiger partial charge in [-0.3, -0.25) is 4.98 Å². The van der Waals surface area contributed by atoms with E-state index < -0.39 is 5.60 Å². The van der Waals surface area contributed by atoms with Gasteiger partial charge in [0.2, 0.25) is 0 Å². The molecular weight excluding hydrogens is 415 g/mol. The summed E-state index contributed by atoms with van der Waals surface area (Å²) in [5, 5.41) is 0.629. The van der Waals surface area contributed by atoms with Crippen molar-refractivity contribution in [3.63, 3.8) is 0 Å². The zero-order chi connectivity index (χ0) is 15.6. The molecule has 0 amide bonds. The first-order chi connectivity index (χ1) is 10.6. The molecular formula is C16H16ClIN2O2. The Morgan fingerprint density at radius 3 is 2.55 bits per heavy atom. The Bertz CT molecular complexity index is 658. The highest BCUT2D eigenvalue weighted by Crippen LogP contribution is 2.39. The van der Waals surface area contributed by atoms with Crippen molar-refractivity contribution in [2.75, 3.05) is 18.9 Å². The van der Waals surface area contributed by atoms with Crippen molar-refractivity contribution in [1.29, 1.82) is 0 Å². The summed E-state index contributed by atoms with van der Waals surface area (Å²) in [5.74, 6) is 0.757. The van der Waals surface area contributed by atoms with Gasteiger partial charge in [-0.1, -0.05) is 11.6 Å². The van der Waals surface area contributed by atoms with Gasteiger partial charge in [-0.05, 0) is 52.9 Å². The molecule has 1 aliphatic heterocycles. The lowest BCUT2D eigenvalue weighted by Gasteiger charge is -2.37. The van der Waals surface area contributed by atoms with Crippen LogP contribution in [0, 0.1) is 3.57 Å². The number of hydrogen-bond acceptors (Lipinski definition) is 4. The summed E-state index contributed by atoms with van der Waals surface area (Å²) in [4.78, 5) is 4.54. The molecule has 4 nitrogen and oxygen atoms in total. The number of nitrogens with zero attached hydrogens (tertiary/aromatic N) is 1. The molecule has 1 saturated heterocycles. The Morgan fingerprint density at radius 1 is 1.23 bits per heavy atom. The zero-order valence-electron chi connectivity index (χ0n) is 11.9. The highest BCUT2D eigenvalue weighted by atomic mass is 127. The summed E-state index contributed by atoms with van der Waals surface area (Å²) in [6.07, 6.45) is 3.24. The van der Waals surface area contributed by atoms with Gasteiger partial charge >= 0.3 is 0 Å². The summed E-state index contributed by atoms with van der Waals surface area (Å²) in [5.41, 5.74) is 6.66. The van der Waals surface area contributed by atoms with Crippen LogP contribution in [0.1, 0.15) is 18.5 Å². The number of anilines is 1. The summed E-state index contributed by atoms with van der Waals surface area (Å²) < 4.78 is 12.8. The molecule has 1 aromatic heterocycles. The van der Waals surface area contributed by atoms with Crippen molar-refractivity contribution >= 4 is 39.9 Å². The van der Waals surface area contributed by atoms with Gasteiger partial charge in [-0.2, -0.15) is 0 Å². The monoisotopic (exact) mass is 430 g/mol. The van der Waals surface area contributed by atoms with Crippen molar-refractivity contribution in [3.8, 4) is 5.75 Å². The number of nitrogens with two attached hydrogens (primary N) is 1. The van der Waals surface area contributed by atoms with Crippen LogP contribution in [-0.2, 0) is 10.3 Å². The van der Waals surface area contributed by atoms with E-state index in [4.69, 9.17) is 26.8 Å². The fourth-order valence-electron chi connectivity index (χ4n) is 2.60. The third-order valence-corrected chi connectivity index (χ3v) is 4.61. The van der Waals surface area contributed by atoms with Gasteiger partial charge < -0.3 is 15.2 Å². The summed E-state index contributed by atoms with van der Waals surface area (Å²) in [6, 6.07) is 9.30. The molecule has 0 bridgehead atoms. The van der Waals surface area contributed by atoms with Gasteiger partial charge in [-0.15, -0.1) is 0 Å². The second-order valence-corrected chi connectivity index (χ2v) is 6.91. The number of ether oxygens (including phenoxy) is 2. The molecule has 2 aromatic rings. The smallest absolute Gasteiger partial charge is 0.157 e. The van der Waals surface area contributed by atoms with Crippen molar-refractivity contribution in [2.24, 2.45) is 0 Å². The maximum Gasteiger partial charge on any atom is 0.157 e. The average Bonchev–Trinajstić information content (AvgIpc) is 2.50. The molecule has 2 N–H and O–H groups in total. The van der Waals surface area contributed by atoms with Gasteiger partial charge in [0, 0.05) is 28.3 Å². The van der Waals surface area contributed by atoms with Crippen molar-refractivity contribution in [2.45, 2.75) is 18.4 Å². The Kier molecular flexibility index (Phi) is 4.75. The van der Waals surface area contributed by atoms with Crippen LogP contribution in [-0.4, -0.2) is 18.2 Å². The number of halogens is 2. The maximum atomic E-state index is 6.44. The fourth-order valence-corrected chi connectivity index (χ4v) is 3.57. The van der Waals surface area contributed by atoms with E-state index >= 15 is 0 Å². The molecule has 1 aliphatic rings. The van der Waals surface area contributed by atoms with E-state index in [0.717, 1.165) is 15.0 Å². The number of rotatable bonds is 3. The second kappa shape index (κ2) is 6.60. The van der Waals surface area contributed by atoms with Gasteiger partial charge in [0.25, 0.3) is 0 Å². The van der Waals surface area contributed by atoms with E-state index in [2.05, 4.69) is 27.6 Å². The van der Waals surface area contributed by atoms with Crippen LogP contribution < -0.4 is 10.5 Å². The van der Waals surface area contributed by atoms with Crippen LogP contribution in [0.15, 0.2) is 36.5 Å². The molecule has 0 aliphatic carbocycles. The summed E-state index contributed by atoms with van der Waals surface area (Å²) in [6.45, 7) is 1.25. The molecule has 22 heavy (non-hydrogen) atoms. The first-order valence-electron chi connectivity index (χ1n) is 7.03. The maximum absolute atomic E-state index is 6.44. The zero-order valence-corrected chi connectivity index (χ0v) is 14.8. The minimum Gasteiger partial charge on any atom is -0.481 e. The summed E-state index contributed by atoms with van der Waals surface area (Å²) in [7, 11) is 0. The third-order valence-electron chi connectivity index (χ3n) is 3.73. The van der Waals surface area contributed by atoms with E-state index in [1.54, 1.807) is 0 Å². The van der Waals surface area contributed by atoms with Gasteiger partial charge in [-0.25, -0.2) is 0 Å². The van der Waals surface area contributed by atoms with E-state index in [1.807, 2.05) is 36.5 Å². The normalized spacial score (nSPS) is 17.2. The van der Waals surface area contributed by atoms with Crippen LogP contribution >= 0.6 is 34.2 Å². The van der Waals surface area contributed by atoms with Crippen LogP contribution in [0.4, 0.5) is 5.69 Å². The predicted octanol–water partition coefficient (Wildman–Crippen LogP) is 4.01. The molecule has 3 rings (SSSR count). The molecule has 0 radical (unpaired) electrons. The van der Waals surface area contributed by atoms with Crippen LogP contribution in [0.3, 0.4) is 0 Å². The lowest BCUT2D eigenvalue weighted by molar-refractivity contribution is -0.0525. The Balaban J connectivity index is 1.98. The molecule has 2 heterocycles. The van der Waals surface area contributed by atoms with Crippen LogP contribution in [0.2, 0.25) is 5.02 Å². The lowest BCUT2D eigenvalue weighted by atomic mass is 9.89. The van der Waals surface area contributed by atoms with Crippen LogP contribution in [0.5, 0.6) is 5.75 Å². The van der Waals surface area contributed by atoms with Crippen molar-refractivity contribution in [3.05, 3.63) is 50.8 Å². The average molecular weight is 431 g/mol. The first-order valence-corrected chi connectivity index (χ1v) is 8.49. The SMILES string of the molecule is Nc1ccc(OC2(c3ncc(I)cc3Cl)CCOCC2)cc1. The molecule has 0 spiro atoms. The van der Waals surface area contributed by atoms with Gasteiger partial charge in [0.1, 0.15) is 11.4 Å². The number of hydrogen-bond donors (Lipinski definition) is 1. The lowest BCUT2D eigenvalue weighted by Crippen LogP contribution is -2.40. The van der Waals surface area contributed by atoms with Crippen LogP contribution in [0.25, 0.3) is 0 Å². The van der Waals surface area contributed by atoms with E-state index in [0.29, 0.717) is 36.8 Å². The Labute approximate surface area is 148 Å². The fraction of sp³-hybridized carbons (Fsp3) is 0.312. The van der Waals surface area contributed by atoms with Gasteiger partial charge in [0.15, 0.2) is 5.60 Å². The third kappa shape index (κ3) is 3.31. The number of aromatic nitrogens is 1. The minimum absolute atomic E-state index is 0.560. The molecule has 6 heteroatoms. The molecule has 1 fully saturated rings. The molecule has 0 saturated carbocycles. The Hall–Kier alpha value is -1.05. The van der Waals surface area contributed by atoms with E-state index in [-0.39, 0.29) is 0 Å². The van der Waals surface area contributed by atoms with Crippen molar-refractivity contribution < 1.29 is 9.47 Å². The Morgan fingerprint density at radius 2 is 1.91 bits per heavy atom. The number of nitrogen functional groups attached to an aromatic ring is 1. The topological polar surface area (TPSA) is 57.4 Å². The molecule has 116 valence electrons. The van der Waals surface area contributed by atoms with Gasteiger partial charge in [0.05, 0.1) is 18.2 Å². The first kappa shape index (κ1) is 15.8. The van der Waals surface area contributed by atoms with E-state index in [9.17, 15) is 0 Å². The van der Waals surface area contributed by atoms with Crippen molar-refractivity contribution in [1.82, 2.24) is 4.98 Å². The highest BCUT2D eigenvalue weighted by Gasteiger charge is 2.40. The second-order valence-electron chi connectivity index (χ2n) is 5.26. The van der Waals surface area contributed by atoms with E-state index in [1.165, 1.54) is 0 Å².